The van der Waals surface area contributed by atoms with Gasteiger partial charge in [0.1, 0.15) is 11.5 Å². The minimum Gasteiger partial charge on any atom is -0.228 e. The molecule has 0 aliphatic carbocycles. The number of hydrogen-bond donors (Lipinski definition) is 0. The quantitative estimate of drug-likeness (QED) is 0.427. The van der Waals surface area contributed by atoms with Gasteiger partial charge in [0.15, 0.2) is 22.9 Å². The topological polar surface area (TPSA) is 48.2 Å². The summed E-state index contributed by atoms with van der Waals surface area (Å²) < 4.78 is 21.2. The van der Waals surface area contributed by atoms with Crippen molar-refractivity contribution < 1.29 is 8.42 Å². The molecule has 0 spiro atoms. The molecule has 8 heavy (non-hydrogen) atoms. The van der Waals surface area contributed by atoms with E-state index in [9.17, 15) is 8.42 Å². The number of sulfone groups is 1. The summed E-state index contributed by atoms with van der Waals surface area (Å²) in [5, 5.41) is 3.89. The summed E-state index contributed by atoms with van der Waals surface area (Å²) in [6, 6.07) is 0. The van der Waals surface area contributed by atoms with Gasteiger partial charge in [-0.2, -0.15) is 0 Å². The number of rotatable bonds is 0. The maximum Gasteiger partial charge on any atom is 0.197 e. The summed E-state index contributed by atoms with van der Waals surface area (Å²) in [7, 11) is -2.68. The average molecular weight is 134 g/mol. The van der Waals surface area contributed by atoms with Crippen LogP contribution in [-0.2, 0) is 9.84 Å². The van der Waals surface area contributed by atoms with E-state index >= 15 is 0 Å². The van der Waals surface area contributed by atoms with Crippen molar-refractivity contribution in [2.24, 2.45) is 0 Å². The van der Waals surface area contributed by atoms with Gasteiger partial charge < -0.3 is 0 Å². The molecular formula is C4H8NO2S+. The van der Waals surface area contributed by atoms with E-state index in [1.807, 2.05) is 0 Å². The zero-order valence-electron chi connectivity index (χ0n) is 4.50. The predicted molar refractivity (Wildman–Crippen MR) is 30.5 cm³/mol. The summed E-state index contributed by atoms with van der Waals surface area (Å²) >= 11 is 0. The Balaban J connectivity index is 2.58. The lowest BCUT2D eigenvalue weighted by Crippen LogP contribution is -2.31. The zero-order valence-corrected chi connectivity index (χ0v) is 5.32. The molecule has 46 valence electrons. The van der Waals surface area contributed by atoms with Crippen LogP contribution in [0.5, 0.6) is 0 Å². The SMILES string of the molecule is O=S1(=O)CC[N+]CC1. The van der Waals surface area contributed by atoms with Crippen molar-refractivity contribution in [2.75, 3.05) is 24.6 Å². The first kappa shape index (κ1) is 6.04. The van der Waals surface area contributed by atoms with Crippen LogP contribution in [0.25, 0.3) is 0 Å². The first-order chi connectivity index (χ1) is 3.71. The largest absolute Gasteiger partial charge is 0.228 e. The molecule has 4 heteroatoms. The minimum absolute atomic E-state index is 0.257. The Morgan fingerprint density at radius 3 is 1.88 bits per heavy atom. The molecule has 1 aliphatic rings. The Bertz CT molecular complexity index is 149. The van der Waals surface area contributed by atoms with Crippen molar-refractivity contribution in [3.63, 3.8) is 0 Å². The van der Waals surface area contributed by atoms with E-state index in [1.165, 1.54) is 0 Å². The van der Waals surface area contributed by atoms with E-state index in [0.717, 1.165) is 0 Å². The molecule has 1 rings (SSSR count). The van der Waals surface area contributed by atoms with Gasteiger partial charge in [-0.05, 0) is 0 Å². The average Bonchev–Trinajstić information content (AvgIpc) is 1.65. The summed E-state index contributed by atoms with van der Waals surface area (Å²) in [5.74, 6) is 0.514. The first-order valence-corrected chi connectivity index (χ1v) is 4.36. The van der Waals surface area contributed by atoms with Crippen LogP contribution in [0.1, 0.15) is 0 Å². The van der Waals surface area contributed by atoms with Gasteiger partial charge >= 0.3 is 0 Å². The lowest BCUT2D eigenvalue weighted by atomic mass is 10.6. The van der Waals surface area contributed by atoms with Crippen LogP contribution in [0.2, 0.25) is 0 Å². The van der Waals surface area contributed by atoms with Crippen LogP contribution >= 0.6 is 0 Å². The maximum atomic E-state index is 10.6. The number of hydrogen-bond acceptors (Lipinski definition) is 2. The summed E-state index contributed by atoms with van der Waals surface area (Å²) in [4.78, 5) is 0. The Labute approximate surface area is 49.0 Å². The standard InChI is InChI=1S/C4H8NO2S/c6-8(7)3-1-5-2-4-8/h1-4H2/q+1. The van der Waals surface area contributed by atoms with Crippen molar-refractivity contribution >= 4 is 9.84 Å². The maximum absolute atomic E-state index is 10.6. The molecule has 1 heterocycles. The van der Waals surface area contributed by atoms with E-state index in [1.54, 1.807) is 0 Å². The highest BCUT2D eigenvalue weighted by atomic mass is 32.2. The highest BCUT2D eigenvalue weighted by molar-refractivity contribution is 7.91. The van der Waals surface area contributed by atoms with Crippen LogP contribution in [-0.4, -0.2) is 33.0 Å². The molecule has 0 bridgehead atoms. The molecule has 0 N–H and O–H groups in total. The Hall–Kier alpha value is -0.0900. The third-order valence-electron chi connectivity index (χ3n) is 1.12. The fourth-order valence-electron chi connectivity index (χ4n) is 0.621. The smallest absolute Gasteiger partial charge is 0.197 e. The van der Waals surface area contributed by atoms with E-state index in [4.69, 9.17) is 0 Å². The molecule has 0 aromatic heterocycles. The molecule has 0 aromatic carbocycles. The normalized spacial score (nSPS) is 27.5. The van der Waals surface area contributed by atoms with E-state index in [0.29, 0.717) is 13.1 Å². The van der Waals surface area contributed by atoms with Crippen molar-refractivity contribution in [2.45, 2.75) is 0 Å². The monoisotopic (exact) mass is 134 g/mol. The molecule has 0 aromatic rings. The zero-order chi connectivity index (χ0) is 6.04. The van der Waals surface area contributed by atoms with Crippen molar-refractivity contribution in [3.8, 4) is 0 Å². The molecule has 1 aliphatic heterocycles. The van der Waals surface area contributed by atoms with Crippen LogP contribution in [0.3, 0.4) is 0 Å². The molecular weight excluding hydrogens is 126 g/mol. The first-order valence-electron chi connectivity index (χ1n) is 2.54. The highest BCUT2D eigenvalue weighted by Gasteiger charge is 2.23. The van der Waals surface area contributed by atoms with Gasteiger partial charge in [0.05, 0.1) is 5.32 Å². The summed E-state index contributed by atoms with van der Waals surface area (Å²) in [6.07, 6.45) is 0. The summed E-state index contributed by atoms with van der Waals surface area (Å²) in [6.45, 7) is 1.00. The van der Waals surface area contributed by atoms with Gasteiger partial charge in [-0.3, -0.25) is 0 Å². The van der Waals surface area contributed by atoms with Gasteiger partial charge in [-0.25, -0.2) is 8.42 Å². The third kappa shape index (κ3) is 1.45. The van der Waals surface area contributed by atoms with Crippen molar-refractivity contribution in [1.82, 2.24) is 5.32 Å². The van der Waals surface area contributed by atoms with Gasteiger partial charge in [-0.1, -0.05) is 0 Å². The molecule has 0 saturated carbocycles. The predicted octanol–water partition coefficient (Wildman–Crippen LogP) is -0.981. The van der Waals surface area contributed by atoms with Gasteiger partial charge in [0.2, 0.25) is 0 Å². The highest BCUT2D eigenvalue weighted by Crippen LogP contribution is 1.93. The van der Waals surface area contributed by atoms with Gasteiger partial charge in [0, 0.05) is 0 Å². The lowest BCUT2D eigenvalue weighted by molar-refractivity contribution is 0.575. The Morgan fingerprint density at radius 1 is 1.12 bits per heavy atom. The van der Waals surface area contributed by atoms with Crippen LogP contribution < -0.4 is 5.32 Å². The molecule has 1 fully saturated rings. The molecule has 1 saturated heterocycles. The number of nitrogens with zero attached hydrogens (tertiary/aromatic N) is 1. The second-order valence-corrected chi connectivity index (χ2v) is 4.13. The van der Waals surface area contributed by atoms with Crippen molar-refractivity contribution in [3.05, 3.63) is 0 Å². The van der Waals surface area contributed by atoms with Gasteiger partial charge in [0.25, 0.3) is 0 Å². The lowest BCUT2D eigenvalue weighted by Gasteiger charge is -1.98. The molecule has 0 amide bonds. The molecule has 0 unspecified atom stereocenters. The third-order valence-corrected chi connectivity index (χ3v) is 2.73. The molecule has 2 radical (unpaired) electrons. The van der Waals surface area contributed by atoms with E-state index < -0.39 is 9.84 Å². The summed E-state index contributed by atoms with van der Waals surface area (Å²) in [5.41, 5.74) is 0. The van der Waals surface area contributed by atoms with Crippen LogP contribution in [0.15, 0.2) is 0 Å². The second kappa shape index (κ2) is 2.03. The van der Waals surface area contributed by atoms with E-state index in [2.05, 4.69) is 5.32 Å². The van der Waals surface area contributed by atoms with Crippen LogP contribution in [0, 0.1) is 0 Å². The Kier molecular flexibility index (Phi) is 1.53. The molecule has 3 nitrogen and oxygen atoms in total. The fraction of sp³-hybridized carbons (Fsp3) is 1.00. The Morgan fingerprint density at radius 2 is 1.62 bits per heavy atom. The van der Waals surface area contributed by atoms with Crippen LogP contribution in [0.4, 0.5) is 0 Å². The van der Waals surface area contributed by atoms with Crippen molar-refractivity contribution in [1.29, 1.82) is 0 Å². The van der Waals surface area contributed by atoms with E-state index in [-0.39, 0.29) is 11.5 Å². The molecule has 0 atom stereocenters. The second-order valence-electron chi connectivity index (χ2n) is 1.82. The fourth-order valence-corrected chi connectivity index (χ4v) is 1.64. The minimum atomic E-state index is -2.68. The van der Waals surface area contributed by atoms with Gasteiger partial charge in [-0.15, -0.1) is 0 Å².